The SMILES string of the molecule is CNCCNC(=O)c1cccc([C@@H]2CCCN2C(=O)[C@H](O)[C@@H](O)C(=O)NCc2nc(Cc3ccccc3C)cs2)c1. The maximum absolute atomic E-state index is 13.2. The molecule has 3 aromatic rings. The summed E-state index contributed by atoms with van der Waals surface area (Å²) in [6, 6.07) is 14.7. The van der Waals surface area contributed by atoms with Gasteiger partial charge < -0.3 is 31.1 Å². The first kappa shape index (κ1) is 30.3. The Morgan fingerprint density at radius 2 is 1.88 bits per heavy atom. The number of benzene rings is 2. The summed E-state index contributed by atoms with van der Waals surface area (Å²) in [4.78, 5) is 44.3. The van der Waals surface area contributed by atoms with Gasteiger partial charge in [0.2, 0.25) is 0 Å². The Morgan fingerprint density at radius 1 is 1.07 bits per heavy atom. The highest BCUT2D eigenvalue weighted by atomic mass is 32.1. The van der Waals surface area contributed by atoms with Crippen LogP contribution in [0.5, 0.6) is 0 Å². The Morgan fingerprint density at radius 3 is 2.66 bits per heavy atom. The fourth-order valence-corrected chi connectivity index (χ4v) is 5.63. The van der Waals surface area contributed by atoms with Gasteiger partial charge in [0, 0.05) is 37.0 Å². The van der Waals surface area contributed by atoms with Crippen LogP contribution in [0.1, 0.15) is 56.6 Å². The van der Waals surface area contributed by atoms with Crippen LogP contribution in [0.4, 0.5) is 0 Å². The van der Waals surface area contributed by atoms with Gasteiger partial charge in [-0.25, -0.2) is 4.98 Å². The zero-order chi connectivity index (χ0) is 29.4. The summed E-state index contributed by atoms with van der Waals surface area (Å²) < 4.78 is 0. The molecule has 10 nitrogen and oxygen atoms in total. The summed E-state index contributed by atoms with van der Waals surface area (Å²) in [6.45, 7) is 3.62. The van der Waals surface area contributed by atoms with E-state index in [4.69, 9.17) is 0 Å². The minimum atomic E-state index is -1.93. The van der Waals surface area contributed by atoms with Crippen LogP contribution in [0.2, 0.25) is 0 Å². The van der Waals surface area contributed by atoms with E-state index >= 15 is 0 Å². The van der Waals surface area contributed by atoms with Crippen LogP contribution < -0.4 is 16.0 Å². The number of aliphatic hydroxyl groups excluding tert-OH is 2. The molecular formula is C30H37N5O5S. The second-order valence-electron chi connectivity index (χ2n) is 10.1. The average molecular weight is 580 g/mol. The molecule has 2 aromatic carbocycles. The van der Waals surface area contributed by atoms with Gasteiger partial charge in [-0.3, -0.25) is 14.4 Å². The van der Waals surface area contributed by atoms with Crippen molar-refractivity contribution in [3.8, 4) is 0 Å². The van der Waals surface area contributed by atoms with Crippen LogP contribution in [0.15, 0.2) is 53.9 Å². The zero-order valence-corrected chi connectivity index (χ0v) is 24.1. The summed E-state index contributed by atoms with van der Waals surface area (Å²) in [5, 5.41) is 32.1. The molecule has 3 amide bonds. The van der Waals surface area contributed by atoms with Crippen molar-refractivity contribution in [1.82, 2.24) is 25.8 Å². The Kier molecular flexibility index (Phi) is 10.6. The van der Waals surface area contributed by atoms with Crippen molar-refractivity contribution in [2.45, 2.75) is 51.0 Å². The van der Waals surface area contributed by atoms with Crippen LogP contribution in [0, 0.1) is 6.92 Å². The quantitative estimate of drug-likeness (QED) is 0.206. The number of hydrogen-bond acceptors (Lipinski definition) is 8. The van der Waals surface area contributed by atoms with Gasteiger partial charge in [0.05, 0.1) is 18.3 Å². The largest absolute Gasteiger partial charge is 0.380 e. The van der Waals surface area contributed by atoms with E-state index in [-0.39, 0.29) is 18.5 Å². The van der Waals surface area contributed by atoms with Gasteiger partial charge >= 0.3 is 0 Å². The molecule has 0 aliphatic carbocycles. The molecule has 41 heavy (non-hydrogen) atoms. The number of carbonyl (C=O) groups is 3. The zero-order valence-electron chi connectivity index (χ0n) is 23.3. The van der Waals surface area contributed by atoms with Crippen molar-refractivity contribution in [1.29, 1.82) is 0 Å². The standard InChI is InChI=1S/C30H37N5O5S/c1-19-7-3-4-8-20(19)16-23-18-41-25(34-23)17-33-29(39)26(36)27(37)30(40)35-14-6-11-24(35)21-9-5-10-22(15-21)28(38)32-13-12-31-2/h3-5,7-10,15,18,24,26-27,31,36-37H,6,11-14,16-17H2,1-2H3,(H,32,38)(H,33,39)/t24-,26+,27+/m0/s1. The van der Waals surface area contributed by atoms with E-state index in [0.717, 1.165) is 11.3 Å². The van der Waals surface area contributed by atoms with Crippen LogP contribution in [-0.2, 0) is 22.6 Å². The smallest absolute Gasteiger partial charge is 0.255 e. The van der Waals surface area contributed by atoms with Crippen LogP contribution in [0.25, 0.3) is 0 Å². The lowest BCUT2D eigenvalue weighted by Gasteiger charge is -2.28. The van der Waals surface area contributed by atoms with Crippen LogP contribution in [-0.4, -0.2) is 76.7 Å². The van der Waals surface area contributed by atoms with Crippen molar-refractivity contribution < 1.29 is 24.6 Å². The number of aliphatic hydroxyl groups is 2. The second kappa shape index (κ2) is 14.3. The number of amides is 3. The number of nitrogens with one attached hydrogen (secondary N) is 3. The van der Waals surface area contributed by atoms with E-state index in [0.29, 0.717) is 49.5 Å². The summed E-state index contributed by atoms with van der Waals surface area (Å²) in [7, 11) is 1.80. The third kappa shape index (κ3) is 7.76. The van der Waals surface area contributed by atoms with E-state index in [1.54, 1.807) is 25.2 Å². The Balaban J connectivity index is 1.33. The number of hydrogen-bond donors (Lipinski definition) is 5. The highest BCUT2D eigenvalue weighted by molar-refractivity contribution is 7.09. The molecule has 11 heteroatoms. The van der Waals surface area contributed by atoms with E-state index in [1.807, 2.05) is 36.6 Å². The van der Waals surface area contributed by atoms with Crippen LogP contribution >= 0.6 is 11.3 Å². The number of nitrogens with zero attached hydrogens (tertiary/aromatic N) is 2. The molecule has 218 valence electrons. The Labute approximate surface area is 243 Å². The average Bonchev–Trinajstić information content (AvgIpc) is 3.66. The fourth-order valence-electron chi connectivity index (χ4n) is 4.90. The number of likely N-dealkylation sites (N-methyl/N-ethyl adjacent to an activating group) is 1. The molecule has 0 saturated carbocycles. The minimum absolute atomic E-state index is 0.0742. The number of aryl methyl sites for hydroxylation is 1. The summed E-state index contributed by atoms with van der Waals surface area (Å²) in [5.74, 6) is -1.79. The molecule has 0 bridgehead atoms. The topological polar surface area (TPSA) is 144 Å². The first-order valence-electron chi connectivity index (χ1n) is 13.7. The minimum Gasteiger partial charge on any atom is -0.380 e. The third-order valence-electron chi connectivity index (χ3n) is 7.20. The molecule has 2 heterocycles. The number of thiazole rings is 1. The first-order chi connectivity index (χ1) is 19.8. The molecular weight excluding hydrogens is 542 g/mol. The van der Waals surface area contributed by atoms with E-state index < -0.39 is 24.0 Å². The van der Waals surface area contributed by atoms with Gasteiger partial charge in [-0.1, -0.05) is 36.4 Å². The predicted octanol–water partition coefficient (Wildman–Crippen LogP) is 1.69. The highest BCUT2D eigenvalue weighted by Gasteiger charge is 2.38. The maximum atomic E-state index is 13.2. The lowest BCUT2D eigenvalue weighted by molar-refractivity contribution is -0.153. The number of likely N-dealkylation sites (tertiary alicyclic amines) is 1. The Hall–Kier alpha value is -3.64. The molecule has 0 radical (unpaired) electrons. The van der Waals surface area contributed by atoms with Gasteiger partial charge in [0.1, 0.15) is 5.01 Å². The molecule has 3 atom stereocenters. The maximum Gasteiger partial charge on any atom is 0.255 e. The molecule has 4 rings (SSSR count). The predicted molar refractivity (Wildman–Crippen MR) is 156 cm³/mol. The van der Waals surface area contributed by atoms with E-state index in [9.17, 15) is 24.6 Å². The normalized spacial score (nSPS) is 16.3. The third-order valence-corrected chi connectivity index (χ3v) is 8.09. The lowest BCUT2D eigenvalue weighted by Crippen LogP contribution is -2.50. The molecule has 5 N–H and O–H groups in total. The summed E-state index contributed by atoms with van der Waals surface area (Å²) >= 11 is 1.39. The van der Waals surface area contributed by atoms with Crippen LogP contribution in [0.3, 0.4) is 0 Å². The monoisotopic (exact) mass is 579 g/mol. The van der Waals surface area contributed by atoms with Crippen molar-refractivity contribution in [2.75, 3.05) is 26.7 Å². The fraction of sp³-hybridized carbons (Fsp3) is 0.400. The number of carbonyl (C=O) groups excluding carboxylic acids is 3. The van der Waals surface area contributed by atoms with Gasteiger partial charge in [-0.15, -0.1) is 11.3 Å². The van der Waals surface area contributed by atoms with E-state index in [2.05, 4.69) is 27.0 Å². The van der Waals surface area contributed by atoms with Crippen molar-refractivity contribution in [3.05, 3.63) is 86.9 Å². The molecule has 0 spiro atoms. The molecule has 1 aliphatic rings. The first-order valence-corrected chi connectivity index (χ1v) is 14.6. The number of rotatable bonds is 12. The summed E-state index contributed by atoms with van der Waals surface area (Å²) in [5.41, 5.74) is 4.46. The molecule has 0 unspecified atom stereocenters. The van der Waals surface area contributed by atoms with Crippen molar-refractivity contribution >= 4 is 29.1 Å². The molecule has 1 saturated heterocycles. The van der Waals surface area contributed by atoms with Gasteiger partial charge in [-0.05, 0) is 55.6 Å². The van der Waals surface area contributed by atoms with Gasteiger partial charge in [0.15, 0.2) is 12.2 Å². The van der Waals surface area contributed by atoms with Gasteiger partial charge in [0.25, 0.3) is 17.7 Å². The van der Waals surface area contributed by atoms with Gasteiger partial charge in [-0.2, -0.15) is 0 Å². The molecule has 1 aliphatic heterocycles. The Bertz CT molecular complexity index is 1360. The van der Waals surface area contributed by atoms with Crippen molar-refractivity contribution in [3.63, 3.8) is 0 Å². The lowest BCUT2D eigenvalue weighted by atomic mass is 10.0. The molecule has 1 aromatic heterocycles. The number of aromatic nitrogens is 1. The van der Waals surface area contributed by atoms with Crippen molar-refractivity contribution in [2.24, 2.45) is 0 Å². The second-order valence-corrected chi connectivity index (χ2v) is 11.1. The summed E-state index contributed by atoms with van der Waals surface area (Å²) in [6.07, 6.45) is -1.84. The van der Waals surface area contributed by atoms with E-state index in [1.165, 1.54) is 27.4 Å². The highest BCUT2D eigenvalue weighted by Crippen LogP contribution is 2.33. The molecule has 1 fully saturated rings.